The van der Waals surface area contributed by atoms with Crippen molar-refractivity contribution in [2.45, 2.75) is 24.9 Å². The third-order valence-electron chi connectivity index (χ3n) is 3.48. The minimum absolute atomic E-state index is 0.120. The molecule has 1 N–H and O–H groups in total. The summed E-state index contributed by atoms with van der Waals surface area (Å²) in [6.45, 7) is 2.07. The van der Waals surface area contributed by atoms with E-state index in [1.807, 2.05) is 6.92 Å². The average Bonchev–Trinajstić information content (AvgIpc) is 2.29. The molecular formula is C12H12FNO3. The van der Waals surface area contributed by atoms with Crippen LogP contribution in [0.1, 0.15) is 18.9 Å². The van der Waals surface area contributed by atoms with Crippen molar-refractivity contribution in [2.24, 2.45) is 0 Å². The lowest BCUT2D eigenvalue weighted by atomic mass is 9.68. The third-order valence-corrected chi connectivity index (χ3v) is 3.48. The standard InChI is InChI=1S/C12H12FNO3/c1-7-5-12(6-14(16)11(12)15)9-4-8(13)2-3-10(9)17-7/h2-4,7,16H,5-6H2,1H3. The number of carbonyl (C=O) groups excluding carboxylic acids is 1. The molecule has 2 unspecified atom stereocenters. The van der Waals surface area contributed by atoms with Crippen molar-refractivity contribution in [2.75, 3.05) is 6.54 Å². The number of carbonyl (C=O) groups is 1. The quantitative estimate of drug-likeness (QED) is 0.549. The Morgan fingerprint density at radius 2 is 2.35 bits per heavy atom. The molecule has 2 atom stereocenters. The molecule has 0 aromatic heterocycles. The predicted molar refractivity (Wildman–Crippen MR) is 56.3 cm³/mol. The van der Waals surface area contributed by atoms with Crippen LogP contribution in [0.5, 0.6) is 5.75 Å². The third kappa shape index (κ3) is 1.29. The molecular weight excluding hydrogens is 225 g/mol. The first-order valence-electron chi connectivity index (χ1n) is 5.50. The van der Waals surface area contributed by atoms with E-state index < -0.39 is 11.2 Å². The predicted octanol–water partition coefficient (Wildman–Crippen LogP) is 1.47. The fraction of sp³-hybridized carbons (Fsp3) is 0.417. The second kappa shape index (κ2) is 3.20. The number of hydrogen-bond donors (Lipinski definition) is 1. The van der Waals surface area contributed by atoms with E-state index in [0.717, 1.165) is 0 Å². The zero-order valence-corrected chi connectivity index (χ0v) is 9.31. The fourth-order valence-electron chi connectivity index (χ4n) is 2.74. The van der Waals surface area contributed by atoms with Crippen LogP contribution in [-0.2, 0) is 10.2 Å². The molecule has 3 rings (SSSR count). The van der Waals surface area contributed by atoms with Crippen LogP contribution >= 0.6 is 0 Å². The van der Waals surface area contributed by atoms with Crippen LogP contribution < -0.4 is 4.74 Å². The molecule has 4 nitrogen and oxygen atoms in total. The Balaban J connectivity index is 2.14. The highest BCUT2D eigenvalue weighted by Crippen LogP contribution is 2.47. The summed E-state index contributed by atoms with van der Waals surface area (Å²) >= 11 is 0. The number of benzene rings is 1. The van der Waals surface area contributed by atoms with Gasteiger partial charge in [0.1, 0.15) is 17.0 Å². The van der Waals surface area contributed by atoms with E-state index in [1.165, 1.54) is 18.2 Å². The number of rotatable bonds is 0. The first kappa shape index (κ1) is 10.5. The van der Waals surface area contributed by atoms with Gasteiger partial charge in [-0.1, -0.05) is 0 Å². The number of amides is 1. The number of hydroxylamine groups is 2. The smallest absolute Gasteiger partial charge is 0.258 e. The van der Waals surface area contributed by atoms with E-state index in [9.17, 15) is 14.4 Å². The van der Waals surface area contributed by atoms with E-state index in [-0.39, 0.29) is 18.6 Å². The summed E-state index contributed by atoms with van der Waals surface area (Å²) in [6, 6.07) is 4.17. The van der Waals surface area contributed by atoms with Gasteiger partial charge in [-0.25, -0.2) is 9.45 Å². The first-order valence-corrected chi connectivity index (χ1v) is 5.50. The van der Waals surface area contributed by atoms with E-state index in [0.29, 0.717) is 22.8 Å². The molecule has 1 amide bonds. The Labute approximate surface area is 97.6 Å². The van der Waals surface area contributed by atoms with Gasteiger partial charge in [0.2, 0.25) is 0 Å². The van der Waals surface area contributed by atoms with Crippen molar-refractivity contribution in [3.05, 3.63) is 29.6 Å². The van der Waals surface area contributed by atoms with E-state index in [1.54, 1.807) is 0 Å². The molecule has 1 aromatic rings. The van der Waals surface area contributed by atoms with Crippen LogP contribution in [0, 0.1) is 5.82 Å². The summed E-state index contributed by atoms with van der Waals surface area (Å²) in [7, 11) is 0. The summed E-state index contributed by atoms with van der Waals surface area (Å²) < 4.78 is 18.9. The van der Waals surface area contributed by atoms with Crippen molar-refractivity contribution in [1.29, 1.82) is 0 Å². The molecule has 2 heterocycles. The van der Waals surface area contributed by atoms with Crippen molar-refractivity contribution < 1.29 is 19.1 Å². The van der Waals surface area contributed by atoms with Gasteiger partial charge in [0.05, 0.1) is 12.6 Å². The van der Waals surface area contributed by atoms with Gasteiger partial charge >= 0.3 is 0 Å². The van der Waals surface area contributed by atoms with Gasteiger partial charge in [-0.3, -0.25) is 10.0 Å². The van der Waals surface area contributed by atoms with Gasteiger partial charge in [-0.15, -0.1) is 0 Å². The Morgan fingerprint density at radius 3 is 3.00 bits per heavy atom. The molecule has 90 valence electrons. The second-order valence-electron chi connectivity index (χ2n) is 4.72. The molecule has 0 saturated carbocycles. The zero-order chi connectivity index (χ0) is 12.2. The van der Waals surface area contributed by atoms with Crippen molar-refractivity contribution in [1.82, 2.24) is 5.06 Å². The topological polar surface area (TPSA) is 49.8 Å². The Hall–Kier alpha value is -1.62. The summed E-state index contributed by atoms with van der Waals surface area (Å²) in [6.07, 6.45) is 0.352. The van der Waals surface area contributed by atoms with E-state index >= 15 is 0 Å². The minimum atomic E-state index is -0.802. The summed E-state index contributed by atoms with van der Waals surface area (Å²) in [5.74, 6) is -0.239. The normalized spacial score (nSPS) is 30.9. The van der Waals surface area contributed by atoms with Crippen molar-refractivity contribution in [3.63, 3.8) is 0 Å². The first-order chi connectivity index (χ1) is 8.03. The van der Waals surface area contributed by atoms with Crippen LogP contribution in [0.4, 0.5) is 4.39 Å². The lowest BCUT2D eigenvalue weighted by molar-refractivity contribution is -0.206. The maximum atomic E-state index is 13.3. The van der Waals surface area contributed by atoms with Crippen LogP contribution in [0.3, 0.4) is 0 Å². The number of ether oxygens (including phenoxy) is 1. The van der Waals surface area contributed by atoms with Gasteiger partial charge in [-0.2, -0.15) is 0 Å². The van der Waals surface area contributed by atoms with Crippen LogP contribution in [0.2, 0.25) is 0 Å². The van der Waals surface area contributed by atoms with Crippen LogP contribution in [0.25, 0.3) is 0 Å². The molecule has 0 bridgehead atoms. The van der Waals surface area contributed by atoms with Crippen LogP contribution in [-0.4, -0.2) is 28.8 Å². The minimum Gasteiger partial charge on any atom is -0.490 e. The van der Waals surface area contributed by atoms with Gasteiger partial charge in [0.25, 0.3) is 5.91 Å². The molecule has 5 heteroatoms. The molecule has 2 aliphatic heterocycles. The number of halogens is 1. The van der Waals surface area contributed by atoms with Crippen LogP contribution in [0.15, 0.2) is 18.2 Å². The molecule has 2 aliphatic rings. The lowest BCUT2D eigenvalue weighted by Gasteiger charge is -2.49. The largest absolute Gasteiger partial charge is 0.490 e. The maximum absolute atomic E-state index is 13.3. The summed E-state index contributed by atoms with van der Waals surface area (Å²) in [5, 5.41) is 9.94. The second-order valence-corrected chi connectivity index (χ2v) is 4.72. The zero-order valence-electron chi connectivity index (χ0n) is 9.31. The molecule has 1 aromatic carbocycles. The SMILES string of the molecule is CC1CC2(CN(O)C2=O)c2cc(F)ccc2O1. The van der Waals surface area contributed by atoms with Crippen molar-refractivity contribution in [3.8, 4) is 5.75 Å². The summed E-state index contributed by atoms with van der Waals surface area (Å²) in [5.41, 5.74) is -0.255. The highest BCUT2D eigenvalue weighted by molar-refractivity contribution is 5.94. The molecule has 1 fully saturated rings. The van der Waals surface area contributed by atoms with Crippen molar-refractivity contribution >= 4 is 5.91 Å². The molecule has 1 saturated heterocycles. The number of β-lactam (4-membered cyclic amide) rings is 1. The number of hydrogen-bond acceptors (Lipinski definition) is 3. The summed E-state index contributed by atoms with van der Waals surface area (Å²) in [4.78, 5) is 11.9. The fourth-order valence-corrected chi connectivity index (χ4v) is 2.74. The Kier molecular flexibility index (Phi) is 1.98. The highest BCUT2D eigenvalue weighted by atomic mass is 19.1. The molecule has 17 heavy (non-hydrogen) atoms. The Bertz CT molecular complexity index is 505. The number of fused-ring (bicyclic) bond motifs is 2. The molecule has 0 aliphatic carbocycles. The lowest BCUT2D eigenvalue weighted by Crippen LogP contribution is -2.65. The van der Waals surface area contributed by atoms with Gasteiger partial charge < -0.3 is 4.74 Å². The highest BCUT2D eigenvalue weighted by Gasteiger charge is 2.57. The monoisotopic (exact) mass is 237 g/mol. The maximum Gasteiger partial charge on any atom is 0.258 e. The Morgan fingerprint density at radius 1 is 1.59 bits per heavy atom. The number of nitrogens with zero attached hydrogens (tertiary/aromatic N) is 1. The van der Waals surface area contributed by atoms with Gasteiger partial charge in [0, 0.05) is 12.0 Å². The molecule has 1 spiro atoms. The molecule has 0 radical (unpaired) electrons. The van der Waals surface area contributed by atoms with Gasteiger partial charge in [-0.05, 0) is 25.1 Å². The average molecular weight is 237 g/mol. The van der Waals surface area contributed by atoms with E-state index in [4.69, 9.17) is 4.74 Å². The van der Waals surface area contributed by atoms with Gasteiger partial charge in [0.15, 0.2) is 0 Å². The van der Waals surface area contributed by atoms with E-state index in [2.05, 4.69) is 0 Å².